The van der Waals surface area contributed by atoms with E-state index in [0.717, 1.165) is 15.6 Å². The van der Waals surface area contributed by atoms with Crippen molar-refractivity contribution in [3.8, 4) is 0 Å². The molecule has 0 saturated heterocycles. The molecule has 82 valence electrons. The SMILES string of the molecule is CC(N)c1ccc(Sc2ccccn2)cn1. The summed E-state index contributed by atoms with van der Waals surface area (Å²) in [5.41, 5.74) is 6.64. The van der Waals surface area contributed by atoms with Gasteiger partial charge in [0, 0.05) is 23.3 Å². The second kappa shape index (κ2) is 5.09. The highest BCUT2D eigenvalue weighted by molar-refractivity contribution is 7.99. The van der Waals surface area contributed by atoms with Crippen molar-refractivity contribution in [2.45, 2.75) is 22.9 Å². The maximum Gasteiger partial charge on any atom is 0.101 e. The van der Waals surface area contributed by atoms with Crippen LogP contribution in [0.25, 0.3) is 0 Å². The number of rotatable bonds is 3. The molecular formula is C12H13N3S. The molecule has 0 amide bonds. The van der Waals surface area contributed by atoms with Crippen molar-refractivity contribution < 1.29 is 0 Å². The fourth-order valence-corrected chi connectivity index (χ4v) is 1.99. The van der Waals surface area contributed by atoms with Gasteiger partial charge in [0.2, 0.25) is 0 Å². The summed E-state index contributed by atoms with van der Waals surface area (Å²) in [7, 11) is 0. The van der Waals surface area contributed by atoms with E-state index in [1.807, 2.05) is 43.5 Å². The van der Waals surface area contributed by atoms with Gasteiger partial charge >= 0.3 is 0 Å². The second-order valence-corrected chi connectivity index (χ2v) is 4.57. The minimum absolute atomic E-state index is 0.0195. The van der Waals surface area contributed by atoms with Crippen LogP contribution in [0.3, 0.4) is 0 Å². The Morgan fingerprint density at radius 3 is 2.62 bits per heavy atom. The lowest BCUT2D eigenvalue weighted by Gasteiger charge is -2.05. The minimum atomic E-state index is -0.0195. The zero-order valence-electron chi connectivity index (χ0n) is 9.00. The van der Waals surface area contributed by atoms with Crippen LogP contribution in [0.2, 0.25) is 0 Å². The van der Waals surface area contributed by atoms with Gasteiger partial charge < -0.3 is 5.73 Å². The molecule has 0 saturated carbocycles. The molecule has 0 aliphatic carbocycles. The van der Waals surface area contributed by atoms with E-state index in [9.17, 15) is 0 Å². The number of hydrogen-bond donors (Lipinski definition) is 1. The van der Waals surface area contributed by atoms with Gasteiger partial charge in [0.05, 0.1) is 5.69 Å². The molecule has 0 aromatic carbocycles. The lowest BCUT2D eigenvalue weighted by molar-refractivity contribution is 0.777. The fraction of sp³-hybridized carbons (Fsp3) is 0.167. The fourth-order valence-electron chi connectivity index (χ4n) is 1.25. The van der Waals surface area contributed by atoms with Crippen molar-refractivity contribution in [3.05, 3.63) is 48.4 Å². The largest absolute Gasteiger partial charge is 0.323 e. The molecule has 2 aromatic rings. The summed E-state index contributed by atoms with van der Waals surface area (Å²) in [6, 6.07) is 9.81. The van der Waals surface area contributed by atoms with E-state index in [1.165, 1.54) is 0 Å². The molecule has 16 heavy (non-hydrogen) atoms. The molecule has 1 unspecified atom stereocenters. The quantitative estimate of drug-likeness (QED) is 0.882. The summed E-state index contributed by atoms with van der Waals surface area (Å²) in [5.74, 6) is 0. The summed E-state index contributed by atoms with van der Waals surface area (Å²) in [6.07, 6.45) is 3.62. The van der Waals surface area contributed by atoms with Gasteiger partial charge in [-0.2, -0.15) is 0 Å². The van der Waals surface area contributed by atoms with Crippen LogP contribution in [0, 0.1) is 0 Å². The molecule has 4 heteroatoms. The highest BCUT2D eigenvalue weighted by Gasteiger charge is 2.02. The number of pyridine rings is 2. The normalized spacial score (nSPS) is 12.4. The van der Waals surface area contributed by atoms with E-state index in [0.29, 0.717) is 0 Å². The Morgan fingerprint density at radius 1 is 1.19 bits per heavy atom. The zero-order valence-corrected chi connectivity index (χ0v) is 9.82. The Balaban J connectivity index is 2.11. The maximum atomic E-state index is 5.73. The summed E-state index contributed by atoms with van der Waals surface area (Å²) in [6.45, 7) is 1.92. The van der Waals surface area contributed by atoms with Gasteiger partial charge in [-0.05, 0) is 31.2 Å². The number of aromatic nitrogens is 2. The van der Waals surface area contributed by atoms with Crippen LogP contribution in [-0.2, 0) is 0 Å². The van der Waals surface area contributed by atoms with Crippen molar-refractivity contribution in [2.24, 2.45) is 5.73 Å². The van der Waals surface area contributed by atoms with E-state index in [1.54, 1.807) is 18.0 Å². The third kappa shape index (κ3) is 2.81. The van der Waals surface area contributed by atoms with Gasteiger partial charge in [0.1, 0.15) is 5.03 Å². The first-order valence-corrected chi connectivity index (χ1v) is 5.88. The number of hydrogen-bond acceptors (Lipinski definition) is 4. The number of nitrogens with zero attached hydrogens (tertiary/aromatic N) is 2. The first kappa shape index (κ1) is 11.1. The predicted molar refractivity (Wildman–Crippen MR) is 65.2 cm³/mol. The summed E-state index contributed by atoms with van der Waals surface area (Å²) in [4.78, 5) is 9.62. The van der Waals surface area contributed by atoms with Gasteiger partial charge in [-0.25, -0.2) is 4.98 Å². The Hall–Kier alpha value is -1.39. The second-order valence-electron chi connectivity index (χ2n) is 3.48. The Labute approximate surface area is 99.1 Å². The molecule has 0 aliphatic heterocycles. The van der Waals surface area contributed by atoms with Gasteiger partial charge in [-0.1, -0.05) is 17.8 Å². The molecule has 2 N–H and O–H groups in total. The summed E-state index contributed by atoms with van der Waals surface area (Å²) >= 11 is 1.59. The Kier molecular flexibility index (Phi) is 3.54. The lowest BCUT2D eigenvalue weighted by Crippen LogP contribution is -2.06. The summed E-state index contributed by atoms with van der Waals surface area (Å²) in [5, 5.41) is 0.970. The van der Waals surface area contributed by atoms with Crippen molar-refractivity contribution in [3.63, 3.8) is 0 Å². The minimum Gasteiger partial charge on any atom is -0.323 e. The third-order valence-electron chi connectivity index (χ3n) is 2.09. The van der Waals surface area contributed by atoms with Crippen LogP contribution >= 0.6 is 11.8 Å². The van der Waals surface area contributed by atoms with Crippen LogP contribution in [0.15, 0.2) is 52.6 Å². The van der Waals surface area contributed by atoms with Crippen molar-refractivity contribution in [1.82, 2.24) is 9.97 Å². The van der Waals surface area contributed by atoms with Crippen LogP contribution in [-0.4, -0.2) is 9.97 Å². The molecule has 2 heterocycles. The molecule has 0 radical (unpaired) electrons. The maximum absolute atomic E-state index is 5.73. The summed E-state index contributed by atoms with van der Waals surface area (Å²) < 4.78 is 0. The molecule has 0 spiro atoms. The van der Waals surface area contributed by atoms with Gasteiger partial charge in [0.15, 0.2) is 0 Å². The molecule has 0 bridgehead atoms. The van der Waals surface area contributed by atoms with Crippen molar-refractivity contribution >= 4 is 11.8 Å². The van der Waals surface area contributed by atoms with Gasteiger partial charge in [0.25, 0.3) is 0 Å². The van der Waals surface area contributed by atoms with Gasteiger partial charge in [-0.3, -0.25) is 4.98 Å². The van der Waals surface area contributed by atoms with E-state index >= 15 is 0 Å². The monoisotopic (exact) mass is 231 g/mol. The highest BCUT2D eigenvalue weighted by atomic mass is 32.2. The molecule has 1 atom stereocenters. The molecule has 2 rings (SSSR count). The van der Waals surface area contributed by atoms with E-state index in [-0.39, 0.29) is 6.04 Å². The average Bonchev–Trinajstić information content (AvgIpc) is 2.31. The standard InChI is InChI=1S/C12H13N3S/c1-9(13)11-6-5-10(8-15-11)16-12-4-2-3-7-14-12/h2-9H,13H2,1H3. The average molecular weight is 231 g/mol. The van der Waals surface area contributed by atoms with Crippen LogP contribution in [0.4, 0.5) is 0 Å². The first-order chi connectivity index (χ1) is 7.75. The van der Waals surface area contributed by atoms with Crippen LogP contribution in [0.5, 0.6) is 0 Å². The molecular weight excluding hydrogens is 218 g/mol. The number of nitrogens with two attached hydrogens (primary N) is 1. The van der Waals surface area contributed by atoms with Crippen molar-refractivity contribution in [1.29, 1.82) is 0 Å². The first-order valence-electron chi connectivity index (χ1n) is 5.06. The third-order valence-corrected chi connectivity index (χ3v) is 3.01. The van der Waals surface area contributed by atoms with E-state index < -0.39 is 0 Å². The topological polar surface area (TPSA) is 51.8 Å². The Morgan fingerprint density at radius 2 is 2.06 bits per heavy atom. The van der Waals surface area contributed by atoms with Crippen LogP contribution < -0.4 is 5.73 Å². The molecule has 0 fully saturated rings. The molecule has 2 aromatic heterocycles. The smallest absolute Gasteiger partial charge is 0.101 e. The lowest BCUT2D eigenvalue weighted by atomic mass is 10.2. The Bertz CT molecular complexity index is 440. The van der Waals surface area contributed by atoms with Gasteiger partial charge in [-0.15, -0.1) is 0 Å². The molecule has 3 nitrogen and oxygen atoms in total. The van der Waals surface area contributed by atoms with Crippen LogP contribution in [0.1, 0.15) is 18.7 Å². The molecule has 0 aliphatic rings. The van der Waals surface area contributed by atoms with Crippen molar-refractivity contribution in [2.75, 3.05) is 0 Å². The predicted octanol–water partition coefficient (Wildman–Crippen LogP) is 2.65. The van der Waals surface area contributed by atoms with E-state index in [2.05, 4.69) is 9.97 Å². The zero-order chi connectivity index (χ0) is 11.4. The highest BCUT2D eigenvalue weighted by Crippen LogP contribution is 2.25. The van der Waals surface area contributed by atoms with E-state index in [4.69, 9.17) is 5.73 Å².